The summed E-state index contributed by atoms with van der Waals surface area (Å²) in [5, 5.41) is 0. The third-order valence-electron chi connectivity index (χ3n) is 5.34. The van der Waals surface area contributed by atoms with Crippen LogP contribution in [-0.4, -0.2) is 44.0 Å². The van der Waals surface area contributed by atoms with Gasteiger partial charge in [0.05, 0.1) is 11.8 Å². The van der Waals surface area contributed by atoms with Crippen LogP contribution in [0.2, 0.25) is 0 Å². The summed E-state index contributed by atoms with van der Waals surface area (Å²) < 4.78 is 26.2. The molecule has 0 saturated carbocycles. The van der Waals surface area contributed by atoms with Gasteiger partial charge in [0.1, 0.15) is 0 Å². The molecular weight excluding hydrogens is 332 g/mol. The van der Waals surface area contributed by atoms with Crippen LogP contribution in [0.1, 0.15) is 24.0 Å². The van der Waals surface area contributed by atoms with Gasteiger partial charge in [-0.05, 0) is 24.0 Å². The fourth-order valence-electron chi connectivity index (χ4n) is 3.77. The smallest absolute Gasteiger partial charge is 0.211 e. The highest BCUT2D eigenvalue weighted by molar-refractivity contribution is 7.88. The molecule has 0 spiro atoms. The maximum atomic E-state index is 12.3. The molecule has 1 aliphatic rings. The molecule has 2 aromatic carbocycles. The number of hydrogen-bond donors (Lipinski definition) is 0. The van der Waals surface area contributed by atoms with E-state index in [1.165, 1.54) is 11.8 Å². The lowest BCUT2D eigenvalue weighted by Gasteiger charge is -2.46. The molecule has 3 rings (SSSR count). The molecule has 0 N–H and O–H groups in total. The molecule has 134 valence electrons. The van der Waals surface area contributed by atoms with Crippen LogP contribution in [0.15, 0.2) is 60.7 Å². The van der Waals surface area contributed by atoms with E-state index in [4.69, 9.17) is 0 Å². The van der Waals surface area contributed by atoms with Crippen LogP contribution in [0, 0.1) is 0 Å². The molecule has 4 nitrogen and oxygen atoms in total. The molecule has 1 saturated heterocycles. The van der Waals surface area contributed by atoms with Gasteiger partial charge in [-0.2, -0.15) is 4.31 Å². The van der Waals surface area contributed by atoms with Crippen LogP contribution in [0.4, 0.5) is 0 Å². The standard InChI is InChI=1S/C20H26N2O2S/c1-21(25(2,23)24)20(19-11-7-4-8-12-19)13-15-22(16-14-20)17-18-9-5-3-6-10-18/h3-12H,13-17H2,1-2H3. The Morgan fingerprint density at radius 2 is 1.48 bits per heavy atom. The summed E-state index contributed by atoms with van der Waals surface area (Å²) in [5.41, 5.74) is 1.93. The van der Waals surface area contributed by atoms with E-state index in [2.05, 4.69) is 41.3 Å². The summed E-state index contributed by atoms with van der Waals surface area (Å²) >= 11 is 0. The van der Waals surface area contributed by atoms with E-state index >= 15 is 0 Å². The normalized spacial score (nSPS) is 18.4. The summed E-state index contributed by atoms with van der Waals surface area (Å²) in [6.07, 6.45) is 2.90. The zero-order valence-corrected chi connectivity index (χ0v) is 15.7. The Bertz CT molecular complexity index is 783. The Balaban J connectivity index is 1.82. The zero-order valence-electron chi connectivity index (χ0n) is 14.9. The first-order valence-corrected chi connectivity index (χ1v) is 10.5. The molecule has 0 aromatic heterocycles. The second kappa shape index (κ2) is 7.28. The summed E-state index contributed by atoms with van der Waals surface area (Å²) in [5.74, 6) is 0. The third-order valence-corrected chi connectivity index (χ3v) is 6.69. The van der Waals surface area contributed by atoms with Gasteiger partial charge in [-0.15, -0.1) is 0 Å². The lowest BCUT2D eigenvalue weighted by Crippen LogP contribution is -2.53. The van der Waals surface area contributed by atoms with E-state index in [-0.39, 0.29) is 0 Å². The van der Waals surface area contributed by atoms with E-state index in [0.29, 0.717) is 0 Å². The van der Waals surface area contributed by atoms with Crippen LogP contribution in [0.5, 0.6) is 0 Å². The minimum atomic E-state index is -3.27. The van der Waals surface area contributed by atoms with Crippen molar-refractivity contribution in [2.24, 2.45) is 0 Å². The number of hydrogen-bond acceptors (Lipinski definition) is 3. The summed E-state index contributed by atoms with van der Waals surface area (Å²) in [6, 6.07) is 20.5. The molecule has 0 amide bonds. The van der Waals surface area contributed by atoms with Gasteiger partial charge in [0.15, 0.2) is 0 Å². The van der Waals surface area contributed by atoms with E-state index in [9.17, 15) is 8.42 Å². The van der Waals surface area contributed by atoms with E-state index in [0.717, 1.165) is 38.0 Å². The average Bonchev–Trinajstić information content (AvgIpc) is 2.63. The molecule has 1 heterocycles. The molecule has 1 aliphatic heterocycles. The number of benzene rings is 2. The molecular formula is C20H26N2O2S. The Hall–Kier alpha value is -1.69. The molecule has 0 aliphatic carbocycles. The lowest BCUT2D eigenvalue weighted by atomic mass is 9.81. The minimum Gasteiger partial charge on any atom is -0.299 e. The van der Waals surface area contributed by atoms with Crippen molar-refractivity contribution in [2.75, 3.05) is 26.4 Å². The van der Waals surface area contributed by atoms with Gasteiger partial charge in [-0.3, -0.25) is 4.90 Å². The van der Waals surface area contributed by atoms with Gasteiger partial charge in [0, 0.05) is 26.7 Å². The Kier molecular flexibility index (Phi) is 5.27. The maximum absolute atomic E-state index is 12.3. The van der Waals surface area contributed by atoms with Crippen molar-refractivity contribution < 1.29 is 8.42 Å². The maximum Gasteiger partial charge on any atom is 0.211 e. The van der Waals surface area contributed by atoms with Gasteiger partial charge < -0.3 is 0 Å². The Labute approximate surface area is 151 Å². The highest BCUT2D eigenvalue weighted by atomic mass is 32.2. The summed E-state index contributed by atoms with van der Waals surface area (Å²) in [6.45, 7) is 2.67. The molecule has 0 bridgehead atoms. The van der Waals surface area contributed by atoms with Crippen LogP contribution in [0.25, 0.3) is 0 Å². The average molecular weight is 359 g/mol. The number of sulfonamides is 1. The van der Waals surface area contributed by atoms with Gasteiger partial charge in [-0.1, -0.05) is 60.7 Å². The summed E-state index contributed by atoms with van der Waals surface area (Å²) in [4.78, 5) is 2.41. The Morgan fingerprint density at radius 3 is 2.00 bits per heavy atom. The van der Waals surface area contributed by atoms with Crippen molar-refractivity contribution in [1.29, 1.82) is 0 Å². The first-order valence-electron chi connectivity index (χ1n) is 8.68. The van der Waals surface area contributed by atoms with Crippen molar-refractivity contribution in [2.45, 2.75) is 24.9 Å². The van der Waals surface area contributed by atoms with E-state index in [1.807, 2.05) is 24.3 Å². The van der Waals surface area contributed by atoms with Gasteiger partial charge in [-0.25, -0.2) is 8.42 Å². The molecule has 0 radical (unpaired) electrons. The molecule has 0 unspecified atom stereocenters. The second-order valence-corrected chi connectivity index (χ2v) is 8.90. The zero-order chi connectivity index (χ0) is 17.9. The predicted octanol–water partition coefficient (Wildman–Crippen LogP) is 3.07. The van der Waals surface area contributed by atoms with Crippen molar-refractivity contribution in [3.8, 4) is 0 Å². The molecule has 1 fully saturated rings. The topological polar surface area (TPSA) is 40.6 Å². The SMILES string of the molecule is CN(C1(c2ccccc2)CCN(Cc2ccccc2)CC1)S(C)(=O)=O. The van der Waals surface area contributed by atoms with Crippen molar-refractivity contribution in [3.05, 3.63) is 71.8 Å². The number of likely N-dealkylation sites (tertiary alicyclic amines) is 1. The van der Waals surface area contributed by atoms with Crippen molar-refractivity contribution in [3.63, 3.8) is 0 Å². The third kappa shape index (κ3) is 3.94. The number of piperidine rings is 1. The first-order chi connectivity index (χ1) is 11.9. The largest absolute Gasteiger partial charge is 0.299 e. The molecule has 2 aromatic rings. The summed E-state index contributed by atoms with van der Waals surface area (Å²) in [7, 11) is -1.55. The van der Waals surface area contributed by atoms with Crippen molar-refractivity contribution >= 4 is 10.0 Å². The second-order valence-electron chi connectivity index (χ2n) is 6.89. The van der Waals surface area contributed by atoms with Gasteiger partial charge in [0.25, 0.3) is 0 Å². The van der Waals surface area contributed by atoms with Crippen LogP contribution < -0.4 is 0 Å². The quantitative estimate of drug-likeness (QED) is 0.825. The van der Waals surface area contributed by atoms with Crippen LogP contribution in [0.3, 0.4) is 0 Å². The van der Waals surface area contributed by atoms with Crippen molar-refractivity contribution in [1.82, 2.24) is 9.21 Å². The molecule has 5 heteroatoms. The number of nitrogens with zero attached hydrogens (tertiary/aromatic N) is 2. The first kappa shape index (κ1) is 18.1. The Morgan fingerprint density at radius 1 is 0.960 bits per heavy atom. The number of rotatable bonds is 5. The van der Waals surface area contributed by atoms with Crippen LogP contribution in [-0.2, 0) is 22.1 Å². The van der Waals surface area contributed by atoms with Gasteiger partial charge >= 0.3 is 0 Å². The monoisotopic (exact) mass is 358 g/mol. The minimum absolute atomic E-state index is 0.456. The molecule has 0 atom stereocenters. The van der Waals surface area contributed by atoms with Gasteiger partial charge in [0.2, 0.25) is 10.0 Å². The van der Waals surface area contributed by atoms with E-state index in [1.54, 1.807) is 11.4 Å². The fraction of sp³-hybridized carbons (Fsp3) is 0.400. The van der Waals surface area contributed by atoms with Crippen LogP contribution >= 0.6 is 0 Å². The lowest BCUT2D eigenvalue weighted by molar-refractivity contribution is 0.0842. The highest BCUT2D eigenvalue weighted by Gasteiger charge is 2.43. The highest BCUT2D eigenvalue weighted by Crippen LogP contribution is 2.39. The van der Waals surface area contributed by atoms with E-state index < -0.39 is 15.6 Å². The molecule has 25 heavy (non-hydrogen) atoms. The fourth-order valence-corrected chi connectivity index (χ4v) is 4.70. The predicted molar refractivity (Wildman–Crippen MR) is 102 cm³/mol.